The summed E-state index contributed by atoms with van der Waals surface area (Å²) in [4.78, 5) is 19.4. The van der Waals surface area contributed by atoms with Crippen LogP contribution < -0.4 is 0 Å². The quantitative estimate of drug-likeness (QED) is 0.607. The number of rotatable bonds is 9. The van der Waals surface area contributed by atoms with Crippen molar-refractivity contribution in [2.24, 2.45) is 7.05 Å². The van der Waals surface area contributed by atoms with Gasteiger partial charge in [-0.1, -0.05) is 19.8 Å². The van der Waals surface area contributed by atoms with Gasteiger partial charge in [-0.25, -0.2) is 13.4 Å². The van der Waals surface area contributed by atoms with E-state index in [-0.39, 0.29) is 5.91 Å². The maximum absolute atomic E-state index is 13.0. The first-order valence-corrected chi connectivity index (χ1v) is 12.6. The monoisotopic (exact) mass is 434 g/mol. The molecule has 1 amide bonds. The number of hydrogen-bond donors (Lipinski definition) is 0. The summed E-state index contributed by atoms with van der Waals surface area (Å²) in [5, 5.41) is 0. The number of imidazole rings is 1. The Balaban J connectivity index is 1.76. The standard InChI is InChI=1S/C22H34N4O3S/c1-4-6-14-25(5-2)22(27)13-12-21-23-19-17-18(10-11-20(19)24(21)3)30(28,29)26-15-8-7-9-16-26/h10-11,17H,4-9,12-16H2,1-3H3. The summed E-state index contributed by atoms with van der Waals surface area (Å²) in [5.41, 5.74) is 1.55. The topological polar surface area (TPSA) is 75.5 Å². The minimum Gasteiger partial charge on any atom is -0.343 e. The average molecular weight is 435 g/mol. The van der Waals surface area contributed by atoms with E-state index in [1.165, 1.54) is 0 Å². The Morgan fingerprint density at radius 2 is 1.90 bits per heavy atom. The summed E-state index contributed by atoms with van der Waals surface area (Å²) < 4.78 is 29.5. The van der Waals surface area contributed by atoms with E-state index in [9.17, 15) is 13.2 Å². The molecule has 30 heavy (non-hydrogen) atoms. The second-order valence-corrected chi connectivity index (χ2v) is 9.97. The van der Waals surface area contributed by atoms with Crippen LogP contribution in [0.5, 0.6) is 0 Å². The Kier molecular flexibility index (Phi) is 7.52. The Bertz CT molecular complexity index is 978. The Morgan fingerprint density at radius 1 is 1.17 bits per heavy atom. The molecule has 1 saturated heterocycles. The summed E-state index contributed by atoms with van der Waals surface area (Å²) in [5.74, 6) is 0.948. The number of benzene rings is 1. The van der Waals surface area contributed by atoms with Crippen LogP contribution in [0.25, 0.3) is 11.0 Å². The third-order valence-electron chi connectivity index (χ3n) is 5.98. The molecule has 3 rings (SSSR count). The summed E-state index contributed by atoms with van der Waals surface area (Å²) in [6.45, 7) is 6.82. The van der Waals surface area contributed by atoms with Gasteiger partial charge in [-0.15, -0.1) is 0 Å². The van der Waals surface area contributed by atoms with E-state index in [0.29, 0.717) is 36.3 Å². The zero-order valence-electron chi connectivity index (χ0n) is 18.4. The van der Waals surface area contributed by atoms with Crippen molar-refractivity contribution in [1.29, 1.82) is 0 Å². The van der Waals surface area contributed by atoms with Gasteiger partial charge in [-0.3, -0.25) is 4.79 Å². The molecule has 1 aromatic carbocycles. The van der Waals surface area contributed by atoms with Crippen molar-refractivity contribution in [3.63, 3.8) is 0 Å². The fourth-order valence-electron chi connectivity index (χ4n) is 4.05. The van der Waals surface area contributed by atoms with Gasteiger partial charge >= 0.3 is 0 Å². The lowest BCUT2D eigenvalue weighted by molar-refractivity contribution is -0.131. The number of hydrogen-bond acceptors (Lipinski definition) is 4. The molecule has 2 aromatic rings. The van der Waals surface area contributed by atoms with Gasteiger partial charge in [0.1, 0.15) is 5.82 Å². The Morgan fingerprint density at radius 3 is 2.57 bits per heavy atom. The van der Waals surface area contributed by atoms with Crippen LogP contribution >= 0.6 is 0 Å². The normalized spacial score (nSPS) is 15.6. The number of fused-ring (bicyclic) bond motifs is 1. The van der Waals surface area contributed by atoms with Gasteiger partial charge in [-0.05, 0) is 44.4 Å². The highest BCUT2D eigenvalue weighted by molar-refractivity contribution is 7.89. The molecule has 8 heteroatoms. The van der Waals surface area contributed by atoms with Gasteiger partial charge < -0.3 is 9.47 Å². The lowest BCUT2D eigenvalue weighted by Gasteiger charge is -2.25. The molecule has 0 spiro atoms. The second-order valence-electron chi connectivity index (χ2n) is 8.03. The van der Waals surface area contributed by atoms with Crippen LogP contribution in [-0.2, 0) is 28.3 Å². The molecule has 2 heterocycles. The number of unbranched alkanes of at least 4 members (excludes halogenated alkanes) is 1. The maximum atomic E-state index is 13.0. The summed E-state index contributed by atoms with van der Waals surface area (Å²) in [7, 11) is -1.56. The summed E-state index contributed by atoms with van der Waals surface area (Å²) in [6, 6.07) is 5.17. The fourth-order valence-corrected chi connectivity index (χ4v) is 5.59. The first-order valence-electron chi connectivity index (χ1n) is 11.1. The van der Waals surface area contributed by atoms with Crippen molar-refractivity contribution in [2.75, 3.05) is 26.2 Å². The van der Waals surface area contributed by atoms with Crippen LogP contribution in [0.2, 0.25) is 0 Å². The number of nitrogens with zero attached hydrogens (tertiary/aromatic N) is 4. The molecule has 1 aliphatic heterocycles. The van der Waals surface area contributed by atoms with E-state index in [1.807, 2.05) is 29.5 Å². The number of carbonyl (C=O) groups is 1. The van der Waals surface area contributed by atoms with Gasteiger partial charge in [0.15, 0.2) is 0 Å². The van der Waals surface area contributed by atoms with Gasteiger partial charge in [0.05, 0.1) is 15.9 Å². The van der Waals surface area contributed by atoms with Gasteiger partial charge in [0, 0.05) is 46.1 Å². The van der Waals surface area contributed by atoms with Crippen LogP contribution in [-0.4, -0.2) is 59.3 Å². The van der Waals surface area contributed by atoms with Crippen molar-refractivity contribution in [3.8, 4) is 0 Å². The molecule has 0 bridgehead atoms. The van der Waals surface area contributed by atoms with Gasteiger partial charge in [-0.2, -0.15) is 4.31 Å². The highest BCUT2D eigenvalue weighted by Crippen LogP contribution is 2.25. The number of piperidine rings is 1. The lowest BCUT2D eigenvalue weighted by Crippen LogP contribution is -2.35. The molecular formula is C22H34N4O3S. The van der Waals surface area contributed by atoms with E-state index < -0.39 is 10.0 Å². The van der Waals surface area contributed by atoms with E-state index in [0.717, 1.165) is 56.5 Å². The van der Waals surface area contributed by atoms with E-state index >= 15 is 0 Å². The number of sulfonamides is 1. The lowest BCUT2D eigenvalue weighted by atomic mass is 10.2. The van der Waals surface area contributed by atoms with Gasteiger partial charge in [0.2, 0.25) is 15.9 Å². The minimum absolute atomic E-state index is 0.145. The minimum atomic E-state index is -3.48. The molecule has 0 radical (unpaired) electrons. The van der Waals surface area contributed by atoms with E-state index in [2.05, 4.69) is 11.9 Å². The fraction of sp³-hybridized carbons (Fsp3) is 0.636. The average Bonchev–Trinajstić information content (AvgIpc) is 3.08. The molecule has 7 nitrogen and oxygen atoms in total. The van der Waals surface area contributed by atoms with Crippen molar-refractivity contribution in [2.45, 2.75) is 63.7 Å². The van der Waals surface area contributed by atoms with E-state index in [4.69, 9.17) is 0 Å². The molecule has 0 atom stereocenters. The zero-order chi connectivity index (χ0) is 21.7. The molecule has 0 saturated carbocycles. The van der Waals surface area contributed by atoms with Crippen LogP contribution in [0.1, 0.15) is 58.2 Å². The Labute approximate surface area is 180 Å². The number of amides is 1. The third-order valence-corrected chi connectivity index (χ3v) is 7.87. The SMILES string of the molecule is CCCCN(CC)C(=O)CCc1nc2cc(S(=O)(=O)N3CCCCC3)ccc2n1C. The maximum Gasteiger partial charge on any atom is 0.243 e. The zero-order valence-corrected chi connectivity index (χ0v) is 19.2. The second kappa shape index (κ2) is 9.92. The van der Waals surface area contributed by atoms with Crippen LogP contribution in [0.3, 0.4) is 0 Å². The van der Waals surface area contributed by atoms with Crippen LogP contribution in [0.15, 0.2) is 23.1 Å². The highest BCUT2D eigenvalue weighted by Gasteiger charge is 2.26. The first-order chi connectivity index (χ1) is 14.4. The Hall–Kier alpha value is -1.93. The molecular weight excluding hydrogens is 400 g/mol. The third kappa shape index (κ3) is 4.86. The molecule has 1 fully saturated rings. The molecule has 1 aromatic heterocycles. The summed E-state index contributed by atoms with van der Waals surface area (Å²) in [6.07, 6.45) is 5.94. The summed E-state index contributed by atoms with van der Waals surface area (Å²) >= 11 is 0. The van der Waals surface area contributed by atoms with Crippen molar-refractivity contribution < 1.29 is 13.2 Å². The van der Waals surface area contributed by atoms with Crippen molar-refractivity contribution in [1.82, 2.24) is 18.8 Å². The van der Waals surface area contributed by atoms with Crippen LogP contribution in [0.4, 0.5) is 0 Å². The van der Waals surface area contributed by atoms with Crippen molar-refractivity contribution in [3.05, 3.63) is 24.0 Å². The number of carbonyl (C=O) groups excluding carboxylic acids is 1. The molecule has 0 unspecified atom stereocenters. The molecule has 0 aliphatic carbocycles. The largest absolute Gasteiger partial charge is 0.343 e. The van der Waals surface area contributed by atoms with Crippen LogP contribution in [0, 0.1) is 0 Å². The molecule has 1 aliphatic rings. The number of aromatic nitrogens is 2. The number of aryl methyl sites for hydroxylation is 2. The highest BCUT2D eigenvalue weighted by atomic mass is 32.2. The molecule has 166 valence electrons. The predicted octanol–water partition coefficient (Wildman–Crippen LogP) is 3.33. The first kappa shape index (κ1) is 22.7. The predicted molar refractivity (Wildman–Crippen MR) is 119 cm³/mol. The molecule has 0 N–H and O–H groups in total. The van der Waals surface area contributed by atoms with Crippen molar-refractivity contribution >= 4 is 27.0 Å². The smallest absolute Gasteiger partial charge is 0.243 e. The van der Waals surface area contributed by atoms with E-state index in [1.54, 1.807) is 16.4 Å². The van der Waals surface area contributed by atoms with Gasteiger partial charge in [0.25, 0.3) is 0 Å².